The second-order valence-corrected chi connectivity index (χ2v) is 9.12. The third-order valence-electron chi connectivity index (χ3n) is 6.65. The number of carbonyl (C=O) groups excluding carboxylic acids is 1. The summed E-state index contributed by atoms with van der Waals surface area (Å²) in [4.78, 5) is 15.4. The molecule has 1 aliphatic carbocycles. The quantitative estimate of drug-likeness (QED) is 0.704. The van der Waals surface area contributed by atoms with Gasteiger partial charge < -0.3 is 9.64 Å². The highest BCUT2D eigenvalue weighted by atomic mass is 19.1. The number of hydrogen-bond donors (Lipinski definition) is 0. The van der Waals surface area contributed by atoms with Crippen LogP contribution in [-0.4, -0.2) is 37.1 Å². The van der Waals surface area contributed by atoms with Gasteiger partial charge in [0.2, 0.25) is 0 Å². The normalized spacial score (nSPS) is 32.4. The minimum atomic E-state index is -0.234. The van der Waals surface area contributed by atoms with Crippen molar-refractivity contribution in [3.05, 3.63) is 35.6 Å². The van der Waals surface area contributed by atoms with Gasteiger partial charge in [-0.2, -0.15) is 0 Å². The van der Waals surface area contributed by atoms with Crippen LogP contribution in [0.2, 0.25) is 0 Å². The zero-order valence-corrected chi connectivity index (χ0v) is 17.2. The minimum Gasteiger partial charge on any atom is -0.462 e. The predicted molar refractivity (Wildman–Crippen MR) is 106 cm³/mol. The molecule has 27 heavy (non-hydrogen) atoms. The first-order valence-electron chi connectivity index (χ1n) is 10.5. The Morgan fingerprint density at radius 2 is 1.89 bits per heavy atom. The van der Waals surface area contributed by atoms with E-state index in [1.807, 2.05) is 12.1 Å². The van der Waals surface area contributed by atoms with Crippen molar-refractivity contribution in [1.29, 1.82) is 0 Å². The molecule has 1 saturated carbocycles. The first-order chi connectivity index (χ1) is 12.8. The van der Waals surface area contributed by atoms with Gasteiger partial charge in [0.05, 0.1) is 5.92 Å². The van der Waals surface area contributed by atoms with Crippen molar-refractivity contribution >= 4 is 5.97 Å². The lowest BCUT2D eigenvalue weighted by Gasteiger charge is -2.40. The summed E-state index contributed by atoms with van der Waals surface area (Å²) in [5.74, 6) is 1.21. The van der Waals surface area contributed by atoms with Gasteiger partial charge in [0.25, 0.3) is 0 Å². The van der Waals surface area contributed by atoms with Crippen molar-refractivity contribution in [2.24, 2.45) is 23.7 Å². The Morgan fingerprint density at radius 3 is 2.56 bits per heavy atom. The topological polar surface area (TPSA) is 29.5 Å². The monoisotopic (exact) mass is 375 g/mol. The number of likely N-dealkylation sites (tertiary alicyclic amines) is 1. The summed E-state index contributed by atoms with van der Waals surface area (Å²) < 4.78 is 19.5. The first-order valence-corrected chi connectivity index (χ1v) is 10.5. The molecule has 0 unspecified atom stereocenters. The number of rotatable bonds is 4. The highest BCUT2D eigenvalue weighted by Crippen LogP contribution is 2.38. The Balaban J connectivity index is 1.75. The van der Waals surface area contributed by atoms with Gasteiger partial charge in [-0.1, -0.05) is 39.3 Å². The van der Waals surface area contributed by atoms with E-state index in [0.29, 0.717) is 24.3 Å². The Hall–Kier alpha value is -1.42. The van der Waals surface area contributed by atoms with Gasteiger partial charge >= 0.3 is 5.97 Å². The molecule has 0 bridgehead atoms. The molecular weight excluding hydrogens is 341 g/mol. The van der Waals surface area contributed by atoms with Gasteiger partial charge in [-0.25, -0.2) is 4.39 Å². The van der Waals surface area contributed by atoms with Crippen molar-refractivity contribution in [3.63, 3.8) is 0 Å². The number of benzene rings is 1. The van der Waals surface area contributed by atoms with E-state index >= 15 is 0 Å². The van der Waals surface area contributed by atoms with Crippen LogP contribution in [0.25, 0.3) is 0 Å². The van der Waals surface area contributed by atoms with Gasteiger partial charge in [-0.05, 0) is 74.2 Å². The predicted octanol–water partition coefficient (Wildman–Crippen LogP) is 4.87. The molecule has 5 atom stereocenters. The summed E-state index contributed by atoms with van der Waals surface area (Å²) in [6.45, 7) is 8.37. The largest absolute Gasteiger partial charge is 0.462 e. The van der Waals surface area contributed by atoms with Crippen LogP contribution < -0.4 is 0 Å². The molecule has 0 N–H and O–H groups in total. The molecule has 1 aromatic rings. The van der Waals surface area contributed by atoms with E-state index in [1.165, 1.54) is 18.6 Å². The second-order valence-electron chi connectivity index (χ2n) is 9.12. The van der Waals surface area contributed by atoms with E-state index in [4.69, 9.17) is 4.74 Å². The van der Waals surface area contributed by atoms with Crippen molar-refractivity contribution in [2.75, 3.05) is 20.1 Å². The van der Waals surface area contributed by atoms with E-state index in [1.54, 1.807) is 0 Å². The maximum Gasteiger partial charge on any atom is 0.311 e. The lowest BCUT2D eigenvalue weighted by molar-refractivity contribution is -0.163. The third-order valence-corrected chi connectivity index (χ3v) is 6.65. The standard InChI is InChI=1S/C23H34FNO2/c1-15(2)19-10-5-16(3)13-22(19)27-23(26)21-14-25(4)12-11-20(21)17-6-8-18(24)9-7-17/h6-9,15-16,19-22H,5,10-14H2,1-4H3/t16-,19+,20+,21-,22+/m1/s1. The third kappa shape index (κ3) is 4.90. The Bertz CT molecular complexity index is 630. The summed E-state index contributed by atoms with van der Waals surface area (Å²) in [6, 6.07) is 6.64. The van der Waals surface area contributed by atoms with E-state index in [2.05, 4.69) is 32.7 Å². The SMILES string of the molecule is CC(C)[C@@H]1CC[C@@H](C)C[C@@H]1OC(=O)[C@@H]1CN(C)CC[C@H]1c1ccc(F)cc1. The van der Waals surface area contributed by atoms with E-state index in [-0.39, 0.29) is 29.7 Å². The molecule has 1 heterocycles. The molecule has 1 aliphatic heterocycles. The van der Waals surface area contributed by atoms with Crippen LogP contribution in [-0.2, 0) is 9.53 Å². The number of nitrogens with zero attached hydrogens (tertiary/aromatic N) is 1. The smallest absolute Gasteiger partial charge is 0.311 e. The highest BCUT2D eigenvalue weighted by Gasteiger charge is 2.39. The van der Waals surface area contributed by atoms with Gasteiger partial charge in [-0.15, -0.1) is 0 Å². The summed E-state index contributed by atoms with van der Waals surface area (Å²) >= 11 is 0. The van der Waals surface area contributed by atoms with Crippen molar-refractivity contribution < 1.29 is 13.9 Å². The lowest BCUT2D eigenvalue weighted by atomic mass is 9.75. The van der Waals surface area contributed by atoms with Gasteiger partial charge in [0.15, 0.2) is 0 Å². The minimum absolute atomic E-state index is 0.0300. The molecule has 1 saturated heterocycles. The molecule has 3 nitrogen and oxygen atoms in total. The summed E-state index contributed by atoms with van der Waals surface area (Å²) in [7, 11) is 2.06. The molecule has 0 spiro atoms. The van der Waals surface area contributed by atoms with Crippen molar-refractivity contribution in [3.8, 4) is 0 Å². The maximum absolute atomic E-state index is 13.3. The van der Waals surface area contributed by atoms with Gasteiger partial charge in [0, 0.05) is 6.54 Å². The fourth-order valence-electron chi connectivity index (χ4n) is 4.95. The first kappa shape index (κ1) is 20.3. The molecule has 2 fully saturated rings. The molecular formula is C23H34FNO2. The number of hydrogen-bond acceptors (Lipinski definition) is 3. The molecule has 2 aliphatic rings. The lowest BCUT2D eigenvalue weighted by Crippen LogP contribution is -2.44. The van der Waals surface area contributed by atoms with Crippen molar-refractivity contribution in [2.45, 2.75) is 58.5 Å². The molecule has 0 radical (unpaired) electrons. The molecule has 150 valence electrons. The van der Waals surface area contributed by atoms with Crippen LogP contribution in [0.5, 0.6) is 0 Å². The number of piperidine rings is 1. The molecule has 0 aromatic heterocycles. The maximum atomic E-state index is 13.3. The van der Waals surface area contributed by atoms with Crippen LogP contribution in [0.15, 0.2) is 24.3 Å². The fraction of sp³-hybridized carbons (Fsp3) is 0.696. The second kappa shape index (κ2) is 8.72. The number of esters is 1. The molecule has 3 rings (SSSR count). The Kier molecular flexibility index (Phi) is 6.56. The highest BCUT2D eigenvalue weighted by molar-refractivity contribution is 5.74. The zero-order chi connectivity index (χ0) is 19.6. The molecule has 1 aromatic carbocycles. The van der Waals surface area contributed by atoms with E-state index < -0.39 is 0 Å². The van der Waals surface area contributed by atoms with Crippen molar-refractivity contribution in [1.82, 2.24) is 4.90 Å². The zero-order valence-electron chi connectivity index (χ0n) is 17.2. The summed E-state index contributed by atoms with van der Waals surface area (Å²) in [6.07, 6.45) is 4.27. The fourth-order valence-corrected chi connectivity index (χ4v) is 4.95. The number of halogens is 1. The van der Waals surface area contributed by atoms with E-state index in [0.717, 1.165) is 31.4 Å². The Morgan fingerprint density at radius 1 is 1.19 bits per heavy atom. The van der Waals surface area contributed by atoms with Crippen LogP contribution >= 0.6 is 0 Å². The van der Waals surface area contributed by atoms with Crippen LogP contribution in [0.4, 0.5) is 4.39 Å². The van der Waals surface area contributed by atoms with Gasteiger partial charge in [0.1, 0.15) is 11.9 Å². The van der Waals surface area contributed by atoms with Crippen LogP contribution in [0.1, 0.15) is 57.9 Å². The van der Waals surface area contributed by atoms with Crippen LogP contribution in [0.3, 0.4) is 0 Å². The molecule has 0 amide bonds. The number of carbonyl (C=O) groups is 1. The number of ether oxygens (including phenoxy) is 1. The van der Waals surface area contributed by atoms with Gasteiger partial charge in [-0.3, -0.25) is 4.79 Å². The average molecular weight is 376 g/mol. The summed E-state index contributed by atoms with van der Waals surface area (Å²) in [5, 5.41) is 0. The summed E-state index contributed by atoms with van der Waals surface area (Å²) in [5.41, 5.74) is 1.05. The Labute approximate surface area is 163 Å². The average Bonchev–Trinajstić information content (AvgIpc) is 2.62. The van der Waals surface area contributed by atoms with Crippen LogP contribution in [0, 0.1) is 29.5 Å². The molecule has 4 heteroatoms. The van der Waals surface area contributed by atoms with E-state index in [9.17, 15) is 9.18 Å².